The molecule has 2 N–H and O–H groups in total. The smallest absolute Gasteiger partial charge is 0.251 e. The third-order valence-electron chi connectivity index (χ3n) is 4.39. The van der Waals surface area contributed by atoms with Gasteiger partial charge < -0.3 is 10.6 Å². The number of benzene rings is 2. The fourth-order valence-corrected chi connectivity index (χ4v) is 2.92. The summed E-state index contributed by atoms with van der Waals surface area (Å²) in [6.07, 6.45) is 6.42. The largest absolute Gasteiger partial charge is 0.355 e. The molecular formula is C22H25N3O. The van der Waals surface area contributed by atoms with Crippen LogP contribution in [-0.2, 0) is 0 Å². The molecule has 0 aliphatic rings. The van der Waals surface area contributed by atoms with Gasteiger partial charge in [-0.15, -0.1) is 0 Å². The Morgan fingerprint density at radius 2 is 1.77 bits per heavy atom. The molecule has 3 rings (SSSR count). The predicted octanol–water partition coefficient (Wildman–Crippen LogP) is 5.29. The molecule has 1 heterocycles. The molecule has 0 aliphatic carbocycles. The molecule has 3 aromatic rings. The monoisotopic (exact) mass is 347 g/mol. The minimum Gasteiger partial charge on any atom is -0.355 e. The second-order valence-corrected chi connectivity index (χ2v) is 6.39. The summed E-state index contributed by atoms with van der Waals surface area (Å²) in [6, 6.07) is 17.6. The van der Waals surface area contributed by atoms with E-state index in [1.54, 1.807) is 6.20 Å². The molecule has 0 unspecified atom stereocenters. The summed E-state index contributed by atoms with van der Waals surface area (Å²) in [6.45, 7) is 2.92. The van der Waals surface area contributed by atoms with Gasteiger partial charge in [-0.25, -0.2) is 0 Å². The maximum atomic E-state index is 12.2. The van der Waals surface area contributed by atoms with Gasteiger partial charge in [0, 0.05) is 35.1 Å². The zero-order valence-corrected chi connectivity index (χ0v) is 15.2. The number of rotatable bonds is 8. The van der Waals surface area contributed by atoms with Crippen LogP contribution in [0, 0.1) is 0 Å². The predicted molar refractivity (Wildman–Crippen MR) is 108 cm³/mol. The molecule has 26 heavy (non-hydrogen) atoms. The van der Waals surface area contributed by atoms with Crippen LogP contribution in [0.2, 0.25) is 0 Å². The van der Waals surface area contributed by atoms with Gasteiger partial charge in [0.25, 0.3) is 5.91 Å². The third kappa shape index (κ3) is 4.60. The first-order chi connectivity index (χ1) is 12.8. The quantitative estimate of drug-likeness (QED) is 0.544. The summed E-state index contributed by atoms with van der Waals surface area (Å²) in [5, 5.41) is 7.46. The molecule has 0 saturated carbocycles. The van der Waals surface area contributed by atoms with E-state index in [1.807, 2.05) is 54.6 Å². The molecular weight excluding hydrogens is 322 g/mol. The van der Waals surface area contributed by atoms with Gasteiger partial charge in [0.15, 0.2) is 0 Å². The van der Waals surface area contributed by atoms with Crippen molar-refractivity contribution in [1.29, 1.82) is 0 Å². The lowest BCUT2D eigenvalue weighted by Gasteiger charge is -2.10. The van der Waals surface area contributed by atoms with Crippen LogP contribution in [0.4, 0.5) is 11.4 Å². The van der Waals surface area contributed by atoms with Crippen molar-refractivity contribution >= 4 is 28.2 Å². The molecule has 2 aromatic carbocycles. The number of carbonyl (C=O) groups is 1. The molecule has 4 nitrogen and oxygen atoms in total. The minimum atomic E-state index is -0.0117. The number of nitrogens with one attached hydrogen (secondary N) is 2. The highest BCUT2D eigenvalue weighted by Gasteiger charge is 2.06. The third-order valence-corrected chi connectivity index (χ3v) is 4.39. The molecule has 1 aromatic heterocycles. The lowest BCUT2D eigenvalue weighted by Crippen LogP contribution is -2.24. The highest BCUT2D eigenvalue weighted by atomic mass is 16.1. The Morgan fingerprint density at radius 1 is 0.962 bits per heavy atom. The average Bonchev–Trinajstić information content (AvgIpc) is 2.68. The standard InChI is InChI=1S/C22H25N3O/c1-2-3-4-7-15-24-22(26)17-10-12-18(13-11-17)25-21-14-16-23-20-9-6-5-8-19(20)21/h5-6,8-14,16H,2-4,7,15H2,1H3,(H,23,25)(H,24,26). The Kier molecular flexibility index (Phi) is 6.20. The van der Waals surface area contributed by atoms with Crippen molar-refractivity contribution in [3.8, 4) is 0 Å². The van der Waals surface area contributed by atoms with Crippen molar-refractivity contribution in [2.24, 2.45) is 0 Å². The van der Waals surface area contributed by atoms with Crippen molar-refractivity contribution in [2.45, 2.75) is 32.6 Å². The molecule has 1 amide bonds. The number of anilines is 2. The normalized spacial score (nSPS) is 10.7. The van der Waals surface area contributed by atoms with Gasteiger partial charge in [-0.1, -0.05) is 44.4 Å². The van der Waals surface area contributed by atoms with Crippen LogP contribution in [-0.4, -0.2) is 17.4 Å². The molecule has 0 bridgehead atoms. The van der Waals surface area contributed by atoms with Crippen LogP contribution in [0.15, 0.2) is 60.8 Å². The fourth-order valence-electron chi connectivity index (χ4n) is 2.92. The average molecular weight is 347 g/mol. The van der Waals surface area contributed by atoms with E-state index in [2.05, 4.69) is 22.5 Å². The molecule has 0 spiro atoms. The number of fused-ring (bicyclic) bond motifs is 1. The Morgan fingerprint density at radius 3 is 2.58 bits per heavy atom. The van der Waals surface area contributed by atoms with Crippen LogP contribution in [0.1, 0.15) is 43.0 Å². The number of aromatic nitrogens is 1. The van der Waals surface area contributed by atoms with Crippen molar-refractivity contribution in [2.75, 3.05) is 11.9 Å². The molecule has 134 valence electrons. The van der Waals surface area contributed by atoms with Gasteiger partial charge >= 0.3 is 0 Å². The molecule has 0 radical (unpaired) electrons. The van der Waals surface area contributed by atoms with E-state index in [9.17, 15) is 4.79 Å². The van der Waals surface area contributed by atoms with E-state index in [1.165, 1.54) is 19.3 Å². The van der Waals surface area contributed by atoms with Crippen LogP contribution >= 0.6 is 0 Å². The van der Waals surface area contributed by atoms with Gasteiger partial charge in [0.05, 0.1) is 5.52 Å². The van der Waals surface area contributed by atoms with Crippen molar-refractivity contribution in [1.82, 2.24) is 10.3 Å². The summed E-state index contributed by atoms with van der Waals surface area (Å²) >= 11 is 0. The van der Waals surface area contributed by atoms with E-state index in [0.29, 0.717) is 5.56 Å². The highest BCUT2D eigenvalue weighted by Crippen LogP contribution is 2.24. The maximum Gasteiger partial charge on any atom is 0.251 e. The summed E-state index contributed by atoms with van der Waals surface area (Å²) in [5.41, 5.74) is 3.59. The number of pyridine rings is 1. The first-order valence-corrected chi connectivity index (χ1v) is 9.27. The van der Waals surface area contributed by atoms with E-state index in [0.717, 1.165) is 35.2 Å². The summed E-state index contributed by atoms with van der Waals surface area (Å²) < 4.78 is 0. The number of amides is 1. The Balaban J connectivity index is 1.61. The fraction of sp³-hybridized carbons (Fsp3) is 0.273. The number of unbranched alkanes of at least 4 members (excludes halogenated alkanes) is 3. The van der Waals surface area contributed by atoms with Crippen LogP contribution in [0.5, 0.6) is 0 Å². The van der Waals surface area contributed by atoms with E-state index >= 15 is 0 Å². The number of para-hydroxylation sites is 1. The summed E-state index contributed by atoms with van der Waals surface area (Å²) in [5.74, 6) is -0.0117. The van der Waals surface area contributed by atoms with Crippen LogP contribution in [0.25, 0.3) is 10.9 Å². The van der Waals surface area contributed by atoms with Crippen LogP contribution in [0.3, 0.4) is 0 Å². The highest BCUT2D eigenvalue weighted by molar-refractivity contribution is 5.95. The van der Waals surface area contributed by atoms with Gasteiger partial charge in [0.1, 0.15) is 0 Å². The van der Waals surface area contributed by atoms with E-state index in [4.69, 9.17) is 0 Å². The number of carbonyl (C=O) groups excluding carboxylic acids is 1. The van der Waals surface area contributed by atoms with Crippen molar-refractivity contribution in [3.05, 3.63) is 66.4 Å². The van der Waals surface area contributed by atoms with Gasteiger partial charge in [-0.3, -0.25) is 9.78 Å². The second kappa shape index (κ2) is 8.99. The Labute approximate surface area is 154 Å². The van der Waals surface area contributed by atoms with E-state index < -0.39 is 0 Å². The maximum absolute atomic E-state index is 12.2. The number of hydrogen-bond acceptors (Lipinski definition) is 3. The Bertz CT molecular complexity index is 853. The minimum absolute atomic E-state index is 0.0117. The SMILES string of the molecule is CCCCCCNC(=O)c1ccc(Nc2ccnc3ccccc23)cc1. The molecule has 0 saturated heterocycles. The zero-order valence-electron chi connectivity index (χ0n) is 15.2. The number of nitrogens with zero attached hydrogens (tertiary/aromatic N) is 1. The topological polar surface area (TPSA) is 54.0 Å². The second-order valence-electron chi connectivity index (χ2n) is 6.39. The van der Waals surface area contributed by atoms with Gasteiger partial charge in [0.2, 0.25) is 0 Å². The molecule has 0 atom stereocenters. The molecule has 4 heteroatoms. The lowest BCUT2D eigenvalue weighted by molar-refractivity contribution is 0.0953. The lowest BCUT2D eigenvalue weighted by atomic mass is 10.1. The zero-order chi connectivity index (χ0) is 18.2. The summed E-state index contributed by atoms with van der Waals surface area (Å²) in [7, 11) is 0. The summed E-state index contributed by atoms with van der Waals surface area (Å²) in [4.78, 5) is 16.6. The molecule has 0 fully saturated rings. The van der Waals surface area contributed by atoms with Crippen molar-refractivity contribution in [3.63, 3.8) is 0 Å². The van der Waals surface area contributed by atoms with Gasteiger partial charge in [-0.05, 0) is 42.8 Å². The first-order valence-electron chi connectivity index (χ1n) is 9.27. The van der Waals surface area contributed by atoms with Gasteiger partial charge in [-0.2, -0.15) is 0 Å². The number of hydrogen-bond donors (Lipinski definition) is 2. The Hall–Kier alpha value is -2.88. The van der Waals surface area contributed by atoms with Crippen molar-refractivity contribution < 1.29 is 4.79 Å². The first kappa shape index (κ1) is 17.9. The van der Waals surface area contributed by atoms with Crippen LogP contribution < -0.4 is 10.6 Å². The molecule has 0 aliphatic heterocycles. The van der Waals surface area contributed by atoms with E-state index in [-0.39, 0.29) is 5.91 Å².